The van der Waals surface area contributed by atoms with E-state index in [4.69, 9.17) is 16.3 Å². The molecule has 1 aliphatic heterocycles. The Bertz CT molecular complexity index is 353. The van der Waals surface area contributed by atoms with Gasteiger partial charge in [-0.1, -0.05) is 6.92 Å². The van der Waals surface area contributed by atoms with E-state index < -0.39 is 0 Å². The topological polar surface area (TPSA) is 39.9 Å². The second kappa shape index (κ2) is 5.15. The van der Waals surface area contributed by atoms with Crippen LogP contribution in [0.15, 0.2) is 0 Å². The fourth-order valence-corrected chi connectivity index (χ4v) is 2.54. The number of halogens is 1. The molecule has 2 atom stereocenters. The van der Waals surface area contributed by atoms with Crippen LogP contribution in [0.1, 0.15) is 45.0 Å². The molecule has 2 unspecified atom stereocenters. The van der Waals surface area contributed by atoms with Crippen molar-refractivity contribution in [1.29, 1.82) is 0 Å². The highest BCUT2D eigenvalue weighted by Crippen LogP contribution is 2.28. The van der Waals surface area contributed by atoms with Crippen molar-refractivity contribution in [3.63, 3.8) is 0 Å². The second-order valence-corrected chi connectivity index (χ2v) is 4.70. The van der Waals surface area contributed by atoms with Gasteiger partial charge in [0.1, 0.15) is 5.82 Å². The third-order valence-corrected chi connectivity index (χ3v) is 3.28. The number of hydrogen-bond donors (Lipinski definition) is 0. The highest BCUT2D eigenvalue weighted by molar-refractivity contribution is 6.28. The van der Waals surface area contributed by atoms with E-state index in [0.717, 1.165) is 38.1 Å². The second-order valence-electron chi connectivity index (χ2n) is 4.36. The van der Waals surface area contributed by atoms with Crippen LogP contribution >= 0.6 is 11.6 Å². The summed E-state index contributed by atoms with van der Waals surface area (Å²) in [4.78, 5) is 0. The van der Waals surface area contributed by atoms with Crippen LogP contribution in [-0.2, 0) is 11.2 Å². The van der Waals surface area contributed by atoms with Crippen LogP contribution in [0, 0.1) is 0 Å². The van der Waals surface area contributed by atoms with Crippen LogP contribution in [0.4, 0.5) is 0 Å². The molecule has 0 N–H and O–H groups in total. The van der Waals surface area contributed by atoms with Crippen LogP contribution in [0.3, 0.4) is 0 Å². The van der Waals surface area contributed by atoms with Crippen molar-refractivity contribution in [3.8, 4) is 0 Å². The first-order valence-corrected chi connectivity index (χ1v) is 6.31. The summed E-state index contributed by atoms with van der Waals surface area (Å²) in [5.41, 5.74) is 0. The lowest BCUT2D eigenvalue weighted by atomic mass is 10.0. The molecular formula is C11H18ClN3O. The van der Waals surface area contributed by atoms with Gasteiger partial charge in [0, 0.05) is 19.1 Å². The fourth-order valence-electron chi connectivity index (χ4n) is 2.27. The quantitative estimate of drug-likeness (QED) is 0.819. The molecule has 4 nitrogen and oxygen atoms in total. The monoisotopic (exact) mass is 243 g/mol. The molecule has 2 heterocycles. The summed E-state index contributed by atoms with van der Waals surface area (Å²) in [7, 11) is 0. The van der Waals surface area contributed by atoms with E-state index in [1.807, 2.05) is 0 Å². The summed E-state index contributed by atoms with van der Waals surface area (Å²) < 4.78 is 7.64. The van der Waals surface area contributed by atoms with Gasteiger partial charge < -0.3 is 4.74 Å². The molecule has 1 aromatic rings. The van der Waals surface area contributed by atoms with Crippen molar-refractivity contribution >= 4 is 11.6 Å². The zero-order valence-electron chi connectivity index (χ0n) is 9.82. The molecule has 5 heteroatoms. The van der Waals surface area contributed by atoms with Crippen LogP contribution in [-0.4, -0.2) is 27.5 Å². The van der Waals surface area contributed by atoms with Gasteiger partial charge in [0.05, 0.1) is 6.10 Å². The summed E-state index contributed by atoms with van der Waals surface area (Å²) in [6, 6.07) is 0.396. The summed E-state index contributed by atoms with van der Waals surface area (Å²) in [6.07, 6.45) is 4.29. The van der Waals surface area contributed by atoms with Gasteiger partial charge >= 0.3 is 0 Å². The predicted octanol–water partition coefficient (Wildman–Crippen LogP) is 2.62. The molecule has 0 radical (unpaired) electrons. The van der Waals surface area contributed by atoms with Gasteiger partial charge in [0.25, 0.3) is 0 Å². The smallest absolute Gasteiger partial charge is 0.225 e. The molecule has 1 fully saturated rings. The molecule has 1 aromatic heterocycles. The van der Waals surface area contributed by atoms with Gasteiger partial charge in [-0.15, -0.1) is 10.2 Å². The average Bonchev–Trinajstić information content (AvgIpc) is 2.60. The Morgan fingerprint density at radius 1 is 1.50 bits per heavy atom. The Balaban J connectivity index is 2.20. The first kappa shape index (κ1) is 11.9. The van der Waals surface area contributed by atoms with Crippen molar-refractivity contribution in [2.45, 2.75) is 51.7 Å². The van der Waals surface area contributed by atoms with E-state index >= 15 is 0 Å². The molecule has 0 aliphatic carbocycles. The van der Waals surface area contributed by atoms with Gasteiger partial charge in [-0.2, -0.15) is 0 Å². The maximum atomic E-state index is 6.11. The van der Waals surface area contributed by atoms with Crippen molar-refractivity contribution in [2.24, 2.45) is 0 Å². The van der Waals surface area contributed by atoms with Gasteiger partial charge in [-0.25, -0.2) is 0 Å². The Hall–Kier alpha value is -0.610. The Morgan fingerprint density at radius 2 is 2.31 bits per heavy atom. The van der Waals surface area contributed by atoms with Gasteiger partial charge in [0.2, 0.25) is 5.28 Å². The van der Waals surface area contributed by atoms with E-state index in [9.17, 15) is 0 Å². The number of aromatic nitrogens is 3. The molecule has 0 saturated carbocycles. The normalized spacial score (nSPS) is 25.9. The first-order chi connectivity index (χ1) is 7.72. The lowest BCUT2D eigenvalue weighted by molar-refractivity contribution is 0.00543. The van der Waals surface area contributed by atoms with E-state index in [1.165, 1.54) is 0 Å². The molecule has 90 valence electrons. The lowest BCUT2D eigenvalue weighted by Gasteiger charge is -2.29. The van der Waals surface area contributed by atoms with E-state index in [1.54, 1.807) is 0 Å². The maximum Gasteiger partial charge on any atom is 0.225 e. The maximum absolute atomic E-state index is 6.11. The van der Waals surface area contributed by atoms with Crippen molar-refractivity contribution in [1.82, 2.24) is 14.8 Å². The van der Waals surface area contributed by atoms with Crippen molar-refractivity contribution in [3.05, 3.63) is 11.1 Å². The zero-order valence-corrected chi connectivity index (χ0v) is 10.6. The van der Waals surface area contributed by atoms with Gasteiger partial charge in [0.15, 0.2) is 0 Å². The molecule has 1 aliphatic rings. The van der Waals surface area contributed by atoms with E-state index in [0.29, 0.717) is 17.4 Å². The summed E-state index contributed by atoms with van der Waals surface area (Å²) in [6.45, 7) is 5.04. The fraction of sp³-hybridized carbons (Fsp3) is 0.818. The number of aryl methyl sites for hydroxylation is 1. The molecular weight excluding hydrogens is 226 g/mol. The number of hydrogen-bond acceptors (Lipinski definition) is 3. The van der Waals surface area contributed by atoms with E-state index in [2.05, 4.69) is 28.6 Å². The minimum atomic E-state index is 0.298. The molecule has 0 bridgehead atoms. The van der Waals surface area contributed by atoms with Gasteiger partial charge in [-0.3, -0.25) is 4.57 Å². The van der Waals surface area contributed by atoms with Crippen LogP contribution < -0.4 is 0 Å². The van der Waals surface area contributed by atoms with Gasteiger partial charge in [-0.05, 0) is 37.8 Å². The molecule has 0 amide bonds. The minimum Gasteiger partial charge on any atom is -0.378 e. The molecule has 2 rings (SSSR count). The first-order valence-electron chi connectivity index (χ1n) is 5.93. The highest BCUT2D eigenvalue weighted by Gasteiger charge is 2.25. The Kier molecular flexibility index (Phi) is 3.82. The number of rotatable bonds is 3. The van der Waals surface area contributed by atoms with Crippen LogP contribution in [0.25, 0.3) is 0 Å². The third-order valence-electron chi connectivity index (χ3n) is 3.02. The van der Waals surface area contributed by atoms with Crippen molar-refractivity contribution in [2.75, 3.05) is 6.61 Å². The standard InChI is InChI=1S/C11H18ClN3O/c1-3-4-10-13-14-11(12)15(10)9-5-6-16-8(2)7-9/h8-9H,3-7H2,1-2H3. The number of nitrogens with zero attached hydrogens (tertiary/aromatic N) is 3. The minimum absolute atomic E-state index is 0.298. The predicted molar refractivity (Wildman–Crippen MR) is 62.7 cm³/mol. The molecule has 16 heavy (non-hydrogen) atoms. The SMILES string of the molecule is CCCc1nnc(Cl)n1C1CCOC(C)C1. The summed E-state index contributed by atoms with van der Waals surface area (Å²) in [5, 5.41) is 8.64. The number of ether oxygens (including phenoxy) is 1. The largest absolute Gasteiger partial charge is 0.378 e. The zero-order chi connectivity index (χ0) is 11.5. The Labute approximate surface area is 101 Å². The van der Waals surface area contributed by atoms with E-state index in [-0.39, 0.29) is 0 Å². The lowest BCUT2D eigenvalue weighted by Crippen LogP contribution is -2.26. The molecule has 0 spiro atoms. The highest BCUT2D eigenvalue weighted by atomic mass is 35.5. The van der Waals surface area contributed by atoms with Crippen LogP contribution in [0.2, 0.25) is 5.28 Å². The molecule has 0 aromatic carbocycles. The summed E-state index contributed by atoms with van der Waals surface area (Å²) in [5.74, 6) is 1.01. The van der Waals surface area contributed by atoms with Crippen LogP contribution in [0.5, 0.6) is 0 Å². The molecule has 1 saturated heterocycles. The summed E-state index contributed by atoms with van der Waals surface area (Å²) >= 11 is 6.11. The Morgan fingerprint density at radius 3 is 3.00 bits per heavy atom. The van der Waals surface area contributed by atoms with Crippen molar-refractivity contribution < 1.29 is 4.74 Å². The average molecular weight is 244 g/mol. The third kappa shape index (κ3) is 2.38.